The van der Waals surface area contributed by atoms with Gasteiger partial charge in [0.05, 0.1) is 28.3 Å². The molecule has 59 heavy (non-hydrogen) atoms. The molecule has 5 nitrogen and oxygen atoms in total. The zero-order chi connectivity index (χ0) is 39.7. The first-order chi connectivity index (χ1) is 29.1. The average molecular weight is 760 g/mol. The van der Waals surface area contributed by atoms with Crippen molar-refractivity contribution in [2.45, 2.75) is 19.4 Å². The lowest BCUT2D eigenvalue weighted by molar-refractivity contribution is 0.700. The standard InChI is InChI=1S/C54H41N5/c1-2-46(39-17-6-3-7-18-39)57-54(58-53(55)41-19-8-4-9-20-41)42-32-28-37(29-33-42)36-26-30-40(31-27-36)51-52-50(49-44-23-13-12-16-38(44)34-35-47(49)56-51)45-24-14-15-25-48(45)59(52)43-21-10-5-11-22-43/h3-35,46H,2H2,1H3,(H2,55,57,58). The molecular weight excluding hydrogens is 719 g/mol. The van der Waals surface area contributed by atoms with Crippen LogP contribution in [-0.2, 0) is 0 Å². The zero-order valence-corrected chi connectivity index (χ0v) is 32.7. The van der Waals surface area contributed by atoms with Crippen LogP contribution in [0.2, 0.25) is 0 Å². The summed E-state index contributed by atoms with van der Waals surface area (Å²) in [6, 6.07) is 69.8. The number of aliphatic imine (C=N–C) groups is 2. The summed E-state index contributed by atoms with van der Waals surface area (Å²) in [5.74, 6) is 1.04. The minimum Gasteiger partial charge on any atom is -0.383 e. The Morgan fingerprint density at radius 1 is 0.559 bits per heavy atom. The zero-order valence-electron chi connectivity index (χ0n) is 32.7. The van der Waals surface area contributed by atoms with Crippen LogP contribution >= 0.6 is 0 Å². The number of hydrogen-bond donors (Lipinski definition) is 1. The van der Waals surface area contributed by atoms with Crippen molar-refractivity contribution >= 4 is 55.2 Å². The first-order valence-electron chi connectivity index (χ1n) is 20.2. The molecule has 10 aromatic rings. The molecule has 2 aromatic heterocycles. The number of nitrogens with two attached hydrogens (primary N) is 1. The van der Waals surface area contributed by atoms with Gasteiger partial charge >= 0.3 is 0 Å². The van der Waals surface area contributed by atoms with Gasteiger partial charge < -0.3 is 10.3 Å². The molecule has 10 rings (SSSR count). The van der Waals surface area contributed by atoms with Crippen LogP contribution in [0.15, 0.2) is 210 Å². The molecule has 0 amide bonds. The van der Waals surface area contributed by atoms with E-state index in [0.29, 0.717) is 11.7 Å². The largest absolute Gasteiger partial charge is 0.383 e. The fourth-order valence-electron chi connectivity index (χ4n) is 8.37. The van der Waals surface area contributed by atoms with Gasteiger partial charge in [-0.3, -0.25) is 4.99 Å². The predicted octanol–water partition coefficient (Wildman–Crippen LogP) is 13.1. The van der Waals surface area contributed by atoms with Crippen molar-refractivity contribution < 1.29 is 0 Å². The third-order valence-corrected chi connectivity index (χ3v) is 11.3. The number of aromatic nitrogens is 2. The van der Waals surface area contributed by atoms with Crippen LogP contribution in [0.4, 0.5) is 0 Å². The van der Waals surface area contributed by atoms with Gasteiger partial charge in [0.2, 0.25) is 0 Å². The number of rotatable bonds is 8. The van der Waals surface area contributed by atoms with E-state index in [1.807, 2.05) is 36.4 Å². The van der Waals surface area contributed by atoms with Gasteiger partial charge in [-0.2, -0.15) is 0 Å². The van der Waals surface area contributed by atoms with Gasteiger partial charge in [-0.25, -0.2) is 9.98 Å². The number of para-hydroxylation sites is 2. The number of fused-ring (bicyclic) bond motifs is 7. The summed E-state index contributed by atoms with van der Waals surface area (Å²) >= 11 is 0. The first kappa shape index (κ1) is 35.8. The van der Waals surface area contributed by atoms with Gasteiger partial charge in [-0.05, 0) is 58.1 Å². The van der Waals surface area contributed by atoms with E-state index in [9.17, 15) is 0 Å². The van der Waals surface area contributed by atoms with Crippen molar-refractivity contribution in [3.63, 3.8) is 0 Å². The van der Waals surface area contributed by atoms with E-state index in [1.54, 1.807) is 0 Å². The summed E-state index contributed by atoms with van der Waals surface area (Å²) in [6.07, 6.45) is 0.833. The second kappa shape index (κ2) is 15.4. The normalized spacial score (nSPS) is 12.8. The molecule has 0 bridgehead atoms. The lowest BCUT2D eigenvalue weighted by atomic mass is 9.97. The molecular formula is C54H41N5. The number of amidine groups is 2. The molecule has 0 radical (unpaired) electrons. The maximum Gasteiger partial charge on any atom is 0.157 e. The third kappa shape index (κ3) is 6.63. The minimum atomic E-state index is -0.0553. The number of benzene rings is 8. The van der Waals surface area contributed by atoms with Crippen molar-refractivity contribution in [3.8, 4) is 28.1 Å². The van der Waals surface area contributed by atoms with Gasteiger partial charge in [0.1, 0.15) is 5.84 Å². The SMILES string of the molecule is CCC(N=C(N=C(N)c1ccccc1)c1ccc(-c2ccc(-c3nc4ccc5ccccc5c4c4c5ccccc5n(-c5ccccc5)c34)cc2)cc1)c1ccccc1. The Morgan fingerprint density at radius 2 is 1.15 bits per heavy atom. The van der Waals surface area contributed by atoms with Gasteiger partial charge in [0, 0.05) is 38.5 Å². The number of pyridine rings is 1. The van der Waals surface area contributed by atoms with Crippen LogP contribution in [0, 0.1) is 0 Å². The van der Waals surface area contributed by atoms with Crippen molar-refractivity contribution in [2.24, 2.45) is 15.7 Å². The Balaban J connectivity index is 1.08. The van der Waals surface area contributed by atoms with Crippen molar-refractivity contribution in [3.05, 3.63) is 217 Å². The fraction of sp³-hybridized carbons (Fsp3) is 0.0556. The van der Waals surface area contributed by atoms with Crippen molar-refractivity contribution in [1.82, 2.24) is 9.55 Å². The number of hydrogen-bond acceptors (Lipinski definition) is 2. The van der Waals surface area contributed by atoms with Crippen LogP contribution in [0.5, 0.6) is 0 Å². The molecule has 0 spiro atoms. The van der Waals surface area contributed by atoms with Gasteiger partial charge in [0.15, 0.2) is 5.84 Å². The Hall–Kier alpha value is -7.63. The Bertz CT molecular complexity index is 3170. The molecule has 0 aliphatic rings. The number of nitrogens with zero attached hydrogens (tertiary/aromatic N) is 4. The van der Waals surface area contributed by atoms with Crippen LogP contribution in [0.3, 0.4) is 0 Å². The van der Waals surface area contributed by atoms with E-state index in [-0.39, 0.29) is 6.04 Å². The first-order valence-corrected chi connectivity index (χ1v) is 20.2. The van der Waals surface area contributed by atoms with E-state index in [0.717, 1.165) is 67.7 Å². The lowest BCUT2D eigenvalue weighted by Crippen LogP contribution is -2.16. The molecule has 0 saturated carbocycles. The van der Waals surface area contributed by atoms with Crippen LogP contribution < -0.4 is 5.73 Å². The smallest absolute Gasteiger partial charge is 0.157 e. The van der Waals surface area contributed by atoms with Crippen LogP contribution in [-0.4, -0.2) is 21.2 Å². The van der Waals surface area contributed by atoms with Gasteiger partial charge in [-0.1, -0.05) is 183 Å². The molecule has 8 aromatic carbocycles. The third-order valence-electron chi connectivity index (χ3n) is 11.3. The molecule has 0 fully saturated rings. The lowest BCUT2D eigenvalue weighted by Gasteiger charge is -2.14. The molecule has 2 heterocycles. The highest BCUT2D eigenvalue weighted by Crippen LogP contribution is 2.43. The quantitative estimate of drug-likeness (QED) is 0.0952. The van der Waals surface area contributed by atoms with Crippen LogP contribution in [0.25, 0.3) is 71.6 Å². The molecule has 0 saturated heterocycles. The molecule has 2 N–H and O–H groups in total. The Kier molecular flexibility index (Phi) is 9.32. The monoisotopic (exact) mass is 759 g/mol. The molecule has 0 aliphatic carbocycles. The summed E-state index contributed by atoms with van der Waals surface area (Å²) < 4.78 is 2.38. The van der Waals surface area contributed by atoms with Crippen molar-refractivity contribution in [1.29, 1.82) is 0 Å². The summed E-state index contributed by atoms with van der Waals surface area (Å²) in [5, 5.41) is 6.01. The molecule has 1 atom stereocenters. The summed E-state index contributed by atoms with van der Waals surface area (Å²) in [4.78, 5) is 15.6. The maximum atomic E-state index is 6.59. The summed E-state index contributed by atoms with van der Waals surface area (Å²) in [6.45, 7) is 2.15. The minimum absolute atomic E-state index is 0.0553. The highest BCUT2D eigenvalue weighted by Gasteiger charge is 2.22. The summed E-state index contributed by atoms with van der Waals surface area (Å²) in [5.41, 5.74) is 18.0. The van der Waals surface area contributed by atoms with E-state index < -0.39 is 0 Å². The predicted molar refractivity (Wildman–Crippen MR) is 248 cm³/mol. The van der Waals surface area contributed by atoms with Gasteiger partial charge in [0.25, 0.3) is 0 Å². The topological polar surface area (TPSA) is 68.6 Å². The van der Waals surface area contributed by atoms with Gasteiger partial charge in [-0.15, -0.1) is 0 Å². The average Bonchev–Trinajstić information content (AvgIpc) is 3.66. The molecule has 1 unspecified atom stereocenters. The molecule has 5 heteroatoms. The fourth-order valence-corrected chi connectivity index (χ4v) is 8.37. The summed E-state index contributed by atoms with van der Waals surface area (Å²) in [7, 11) is 0. The second-order valence-corrected chi connectivity index (χ2v) is 14.9. The molecule has 282 valence electrons. The van der Waals surface area contributed by atoms with Crippen LogP contribution in [0.1, 0.15) is 36.1 Å². The second-order valence-electron chi connectivity index (χ2n) is 14.9. The highest BCUT2D eigenvalue weighted by molar-refractivity contribution is 6.29. The molecule has 0 aliphatic heterocycles. The van der Waals surface area contributed by atoms with Crippen molar-refractivity contribution in [2.75, 3.05) is 0 Å². The Morgan fingerprint density at radius 3 is 1.86 bits per heavy atom. The highest BCUT2D eigenvalue weighted by atomic mass is 15.0. The van der Waals surface area contributed by atoms with E-state index in [2.05, 4.69) is 175 Å². The van der Waals surface area contributed by atoms with E-state index in [1.165, 1.54) is 26.9 Å². The Labute approximate surface area is 343 Å². The van der Waals surface area contributed by atoms with E-state index >= 15 is 0 Å². The van der Waals surface area contributed by atoms with E-state index in [4.69, 9.17) is 20.7 Å². The maximum absolute atomic E-state index is 6.59.